The fraction of sp³-hybridized carbons (Fsp3) is 0.852. The summed E-state index contributed by atoms with van der Waals surface area (Å²) in [5, 5.41) is 23.7. The molecule has 0 aliphatic rings. The summed E-state index contributed by atoms with van der Waals surface area (Å²) < 4.78 is 5.91. The van der Waals surface area contributed by atoms with E-state index in [2.05, 4.69) is 62.5 Å². The first-order chi connectivity index (χ1) is 29.5. The second-order valence-corrected chi connectivity index (χ2v) is 17.9. The second kappa shape index (κ2) is 48.1. The molecule has 6 heteroatoms. The first-order valence-electron chi connectivity index (χ1n) is 26.2. The van der Waals surface area contributed by atoms with Crippen molar-refractivity contribution in [1.29, 1.82) is 0 Å². The van der Waals surface area contributed by atoms with Crippen molar-refractivity contribution >= 4 is 11.9 Å². The number of esters is 1. The number of nitrogens with one attached hydrogen (secondary N) is 1. The molecule has 0 aromatic rings. The SMILES string of the molecule is CCCCCC/C=C\CCCCCCCCCC(=O)OC(CCC/C=C/C=C/CCCCCCCCC)CC(=O)NC(CO)C(O)CCCCCCCCCCCCCC. The molecule has 3 unspecified atom stereocenters. The third-order valence-electron chi connectivity index (χ3n) is 12.0. The number of allylic oxidation sites excluding steroid dienone is 6. The van der Waals surface area contributed by atoms with Crippen molar-refractivity contribution in [3.63, 3.8) is 0 Å². The molecule has 0 aliphatic heterocycles. The zero-order valence-electron chi connectivity index (χ0n) is 40.1. The summed E-state index contributed by atoms with van der Waals surface area (Å²) >= 11 is 0. The van der Waals surface area contributed by atoms with Crippen LogP contribution in [0.5, 0.6) is 0 Å². The minimum Gasteiger partial charge on any atom is -0.462 e. The molecule has 0 saturated carbocycles. The molecular weight excluding hydrogens is 743 g/mol. The molecule has 0 bridgehead atoms. The molecule has 0 aromatic carbocycles. The van der Waals surface area contributed by atoms with Crippen molar-refractivity contribution in [2.24, 2.45) is 0 Å². The first kappa shape index (κ1) is 58.1. The molecule has 0 saturated heterocycles. The van der Waals surface area contributed by atoms with E-state index in [0.717, 1.165) is 57.8 Å². The van der Waals surface area contributed by atoms with Gasteiger partial charge in [-0.3, -0.25) is 9.59 Å². The molecule has 0 radical (unpaired) electrons. The summed E-state index contributed by atoms with van der Waals surface area (Å²) in [6, 6.07) is -0.714. The molecule has 0 heterocycles. The molecule has 0 aliphatic carbocycles. The Labute approximate surface area is 373 Å². The van der Waals surface area contributed by atoms with Crippen LogP contribution < -0.4 is 5.32 Å². The van der Waals surface area contributed by atoms with Crippen LogP contribution in [0.3, 0.4) is 0 Å². The highest BCUT2D eigenvalue weighted by molar-refractivity contribution is 5.77. The van der Waals surface area contributed by atoms with E-state index in [1.54, 1.807) is 0 Å². The Hall–Kier alpha value is -1.92. The number of aliphatic hydroxyl groups excluding tert-OH is 2. The molecule has 0 spiro atoms. The van der Waals surface area contributed by atoms with Crippen LogP contribution in [0.4, 0.5) is 0 Å². The van der Waals surface area contributed by atoms with Crippen LogP contribution in [-0.2, 0) is 14.3 Å². The first-order valence-corrected chi connectivity index (χ1v) is 26.2. The summed E-state index contributed by atoms with van der Waals surface area (Å²) in [7, 11) is 0. The highest BCUT2D eigenvalue weighted by Crippen LogP contribution is 2.17. The fourth-order valence-corrected chi connectivity index (χ4v) is 7.95. The van der Waals surface area contributed by atoms with Crippen LogP contribution in [0.15, 0.2) is 36.5 Å². The van der Waals surface area contributed by atoms with Gasteiger partial charge in [0.25, 0.3) is 0 Å². The van der Waals surface area contributed by atoms with Gasteiger partial charge < -0.3 is 20.3 Å². The molecule has 6 nitrogen and oxygen atoms in total. The molecule has 0 fully saturated rings. The summed E-state index contributed by atoms with van der Waals surface area (Å²) in [4.78, 5) is 26.1. The number of amides is 1. The van der Waals surface area contributed by atoms with Gasteiger partial charge in [0.05, 0.1) is 25.2 Å². The van der Waals surface area contributed by atoms with E-state index in [-0.39, 0.29) is 24.9 Å². The molecule has 0 rings (SSSR count). The lowest BCUT2D eigenvalue weighted by atomic mass is 10.0. The molecule has 0 aromatic heterocycles. The van der Waals surface area contributed by atoms with E-state index in [1.165, 1.54) is 167 Å². The fourth-order valence-electron chi connectivity index (χ4n) is 7.95. The molecular formula is C54H101NO5. The van der Waals surface area contributed by atoms with Crippen molar-refractivity contribution in [1.82, 2.24) is 5.32 Å². The predicted octanol–water partition coefficient (Wildman–Crippen LogP) is 15.7. The predicted molar refractivity (Wildman–Crippen MR) is 259 cm³/mol. The molecule has 3 atom stereocenters. The number of rotatable bonds is 47. The zero-order chi connectivity index (χ0) is 43.8. The zero-order valence-corrected chi connectivity index (χ0v) is 40.1. The minimum atomic E-state index is -0.797. The minimum absolute atomic E-state index is 0.0453. The average Bonchev–Trinajstić information content (AvgIpc) is 3.24. The normalized spacial score (nSPS) is 13.5. The van der Waals surface area contributed by atoms with E-state index in [9.17, 15) is 19.8 Å². The number of unbranched alkanes of at least 4 members (excludes halogenated alkanes) is 30. The van der Waals surface area contributed by atoms with Crippen LogP contribution in [0.1, 0.15) is 271 Å². The third-order valence-corrected chi connectivity index (χ3v) is 12.0. The quantitative estimate of drug-likeness (QED) is 0.0245. The third kappa shape index (κ3) is 42.8. The maximum atomic E-state index is 13.2. The Morgan fingerprint density at radius 3 is 1.33 bits per heavy atom. The van der Waals surface area contributed by atoms with E-state index in [1.807, 2.05) is 0 Å². The Morgan fingerprint density at radius 2 is 0.867 bits per heavy atom. The Balaban J connectivity index is 4.63. The van der Waals surface area contributed by atoms with Crippen molar-refractivity contribution in [3.8, 4) is 0 Å². The highest BCUT2D eigenvalue weighted by atomic mass is 16.5. The summed E-state index contributed by atoms with van der Waals surface area (Å²) in [5.74, 6) is -0.518. The summed E-state index contributed by atoms with van der Waals surface area (Å²) in [6.07, 6.45) is 56.3. The van der Waals surface area contributed by atoms with Crippen molar-refractivity contribution in [3.05, 3.63) is 36.5 Å². The van der Waals surface area contributed by atoms with E-state index < -0.39 is 18.2 Å². The largest absolute Gasteiger partial charge is 0.462 e. The monoisotopic (exact) mass is 844 g/mol. The van der Waals surface area contributed by atoms with Gasteiger partial charge in [0, 0.05) is 6.42 Å². The lowest BCUT2D eigenvalue weighted by molar-refractivity contribution is -0.151. The smallest absolute Gasteiger partial charge is 0.306 e. The summed E-state index contributed by atoms with van der Waals surface area (Å²) in [6.45, 7) is 6.46. The van der Waals surface area contributed by atoms with Gasteiger partial charge in [0.15, 0.2) is 0 Å². The standard InChI is InChI=1S/C54H101NO5/c1-4-7-10-13-16-19-22-25-27-29-32-35-38-41-44-47-54(59)60-50(45-42-39-36-33-30-28-26-23-20-17-14-11-8-5-2)48-53(58)55-51(49-56)52(57)46-43-40-37-34-31-24-21-18-15-12-9-6-3/h19,22,28,30,33,36,50-52,56-57H,4-18,20-21,23-27,29,31-32,34-35,37-49H2,1-3H3,(H,55,58)/b22-19-,30-28+,36-33+. The van der Waals surface area contributed by atoms with Crippen molar-refractivity contribution in [2.75, 3.05) is 6.61 Å². The Kier molecular flexibility index (Phi) is 46.6. The number of hydrogen-bond donors (Lipinski definition) is 3. The average molecular weight is 844 g/mol. The number of carbonyl (C=O) groups is 2. The van der Waals surface area contributed by atoms with E-state index in [0.29, 0.717) is 19.3 Å². The van der Waals surface area contributed by atoms with E-state index in [4.69, 9.17) is 4.74 Å². The lowest BCUT2D eigenvalue weighted by Crippen LogP contribution is -2.46. The second-order valence-electron chi connectivity index (χ2n) is 17.9. The van der Waals surface area contributed by atoms with Gasteiger partial charge in [-0.25, -0.2) is 0 Å². The maximum absolute atomic E-state index is 13.2. The van der Waals surface area contributed by atoms with Crippen LogP contribution in [0, 0.1) is 0 Å². The molecule has 352 valence electrons. The highest BCUT2D eigenvalue weighted by Gasteiger charge is 2.24. The van der Waals surface area contributed by atoms with Crippen molar-refractivity contribution in [2.45, 2.75) is 289 Å². The van der Waals surface area contributed by atoms with Gasteiger partial charge in [-0.05, 0) is 70.6 Å². The van der Waals surface area contributed by atoms with Gasteiger partial charge in [0.1, 0.15) is 6.10 Å². The van der Waals surface area contributed by atoms with Crippen LogP contribution in [0.25, 0.3) is 0 Å². The Morgan fingerprint density at radius 1 is 0.483 bits per heavy atom. The summed E-state index contributed by atoms with van der Waals surface area (Å²) in [5.41, 5.74) is 0. The van der Waals surface area contributed by atoms with Gasteiger partial charge in [-0.1, -0.05) is 224 Å². The maximum Gasteiger partial charge on any atom is 0.306 e. The van der Waals surface area contributed by atoms with Crippen LogP contribution in [0.2, 0.25) is 0 Å². The van der Waals surface area contributed by atoms with Crippen molar-refractivity contribution < 1.29 is 24.5 Å². The molecule has 3 N–H and O–H groups in total. The molecule has 1 amide bonds. The van der Waals surface area contributed by atoms with E-state index >= 15 is 0 Å². The Bertz CT molecular complexity index is 993. The van der Waals surface area contributed by atoms with Crippen LogP contribution in [-0.4, -0.2) is 46.9 Å². The number of carbonyl (C=O) groups excluding carboxylic acids is 2. The number of aliphatic hydroxyl groups is 2. The lowest BCUT2D eigenvalue weighted by Gasteiger charge is -2.24. The number of ether oxygens (including phenoxy) is 1. The van der Waals surface area contributed by atoms with Gasteiger partial charge in [-0.15, -0.1) is 0 Å². The van der Waals surface area contributed by atoms with Gasteiger partial charge in [0.2, 0.25) is 5.91 Å². The molecule has 60 heavy (non-hydrogen) atoms. The van der Waals surface area contributed by atoms with Crippen LogP contribution >= 0.6 is 0 Å². The number of hydrogen-bond acceptors (Lipinski definition) is 5. The van der Waals surface area contributed by atoms with Gasteiger partial charge >= 0.3 is 5.97 Å². The topological polar surface area (TPSA) is 95.9 Å². The van der Waals surface area contributed by atoms with Gasteiger partial charge in [-0.2, -0.15) is 0 Å².